The van der Waals surface area contributed by atoms with Gasteiger partial charge >= 0.3 is 5.97 Å². The number of hydrogen-bond acceptors (Lipinski definition) is 4. The zero-order valence-electron chi connectivity index (χ0n) is 12.3. The highest BCUT2D eigenvalue weighted by Crippen LogP contribution is 2.29. The first-order chi connectivity index (χ1) is 10.5. The quantitative estimate of drug-likeness (QED) is 0.578. The van der Waals surface area contributed by atoms with Crippen LogP contribution >= 0.6 is 0 Å². The van der Waals surface area contributed by atoms with Crippen molar-refractivity contribution in [3.8, 4) is 0 Å². The predicted molar refractivity (Wildman–Crippen MR) is 81.0 cm³/mol. The molecule has 0 spiro atoms. The summed E-state index contributed by atoms with van der Waals surface area (Å²) in [5, 5.41) is 21.6. The maximum atomic E-state index is 12.0. The molecule has 1 aromatic rings. The average molecular weight is 306 g/mol. The van der Waals surface area contributed by atoms with Crippen molar-refractivity contribution in [1.82, 2.24) is 5.32 Å². The lowest BCUT2D eigenvalue weighted by Crippen LogP contribution is -2.54. The van der Waals surface area contributed by atoms with E-state index in [-0.39, 0.29) is 5.92 Å². The molecule has 0 saturated heterocycles. The zero-order valence-corrected chi connectivity index (χ0v) is 12.3. The molecule has 120 valence electrons. The molecular formula is C16H22N2O4. The van der Waals surface area contributed by atoms with Gasteiger partial charge in [0.25, 0.3) is 5.91 Å². The molecule has 0 heterocycles. The van der Waals surface area contributed by atoms with Gasteiger partial charge < -0.3 is 21.3 Å². The lowest BCUT2D eigenvalue weighted by molar-refractivity contribution is -0.146. The normalized spacial score (nSPS) is 18.8. The largest absolute Gasteiger partial charge is 0.480 e. The van der Waals surface area contributed by atoms with Crippen LogP contribution in [0.1, 0.15) is 24.8 Å². The van der Waals surface area contributed by atoms with Gasteiger partial charge in [-0.25, -0.2) is 4.79 Å². The third-order valence-corrected chi connectivity index (χ3v) is 4.17. The molecule has 6 nitrogen and oxygen atoms in total. The first kappa shape index (κ1) is 16.5. The van der Waals surface area contributed by atoms with E-state index in [2.05, 4.69) is 5.32 Å². The highest BCUT2D eigenvalue weighted by Gasteiger charge is 2.35. The molecule has 1 saturated carbocycles. The van der Waals surface area contributed by atoms with Gasteiger partial charge in [0.05, 0.1) is 0 Å². The van der Waals surface area contributed by atoms with Gasteiger partial charge in [-0.05, 0) is 30.7 Å². The Balaban J connectivity index is 1.91. The summed E-state index contributed by atoms with van der Waals surface area (Å²) in [5.41, 5.74) is 6.78. The fourth-order valence-electron chi connectivity index (χ4n) is 2.59. The van der Waals surface area contributed by atoms with E-state index in [1.165, 1.54) is 0 Å². The number of carboxylic acid groups (broad SMARTS) is 1. The summed E-state index contributed by atoms with van der Waals surface area (Å²) in [4.78, 5) is 23.3. The van der Waals surface area contributed by atoms with Crippen molar-refractivity contribution < 1.29 is 19.8 Å². The Morgan fingerprint density at radius 1 is 1.27 bits per heavy atom. The van der Waals surface area contributed by atoms with Gasteiger partial charge in [0.15, 0.2) is 0 Å². The second kappa shape index (κ2) is 7.38. The van der Waals surface area contributed by atoms with Gasteiger partial charge in [-0.2, -0.15) is 0 Å². The summed E-state index contributed by atoms with van der Waals surface area (Å²) in [5.74, 6) is -1.84. The van der Waals surface area contributed by atoms with E-state index in [1.807, 2.05) is 30.3 Å². The van der Waals surface area contributed by atoms with E-state index in [0.717, 1.165) is 24.8 Å². The summed E-state index contributed by atoms with van der Waals surface area (Å²) in [6.45, 7) is 0. The topological polar surface area (TPSA) is 113 Å². The van der Waals surface area contributed by atoms with Crippen LogP contribution in [0, 0.1) is 5.92 Å². The van der Waals surface area contributed by atoms with E-state index in [9.17, 15) is 19.8 Å². The zero-order chi connectivity index (χ0) is 16.1. The van der Waals surface area contributed by atoms with Gasteiger partial charge in [-0.3, -0.25) is 4.79 Å². The molecule has 1 fully saturated rings. The molecule has 0 bridgehead atoms. The van der Waals surface area contributed by atoms with E-state index < -0.39 is 30.1 Å². The first-order valence-electron chi connectivity index (χ1n) is 7.50. The maximum absolute atomic E-state index is 12.0. The van der Waals surface area contributed by atoms with E-state index >= 15 is 0 Å². The summed E-state index contributed by atoms with van der Waals surface area (Å²) < 4.78 is 0. The standard InChI is InChI=1S/C16H22N2O4/c17-12(9-10-5-2-1-3-6-10)14(19)15(20)18-13(16(21)22)11-7-4-8-11/h1-3,5-6,11-14,19H,4,7-9,17H2,(H,18,20)(H,21,22)/t12-,13+,14+/m1/s1. The molecule has 0 unspecified atom stereocenters. The van der Waals surface area contributed by atoms with Crippen molar-refractivity contribution in [3.63, 3.8) is 0 Å². The fourth-order valence-corrected chi connectivity index (χ4v) is 2.59. The highest BCUT2D eigenvalue weighted by molar-refractivity contribution is 5.86. The molecule has 0 aliphatic heterocycles. The van der Waals surface area contributed by atoms with Crippen molar-refractivity contribution in [2.45, 2.75) is 43.9 Å². The Kier molecular flexibility index (Phi) is 5.51. The van der Waals surface area contributed by atoms with Crippen LogP contribution in [-0.2, 0) is 16.0 Å². The number of aliphatic carboxylic acids is 1. The maximum Gasteiger partial charge on any atom is 0.326 e. The average Bonchev–Trinajstić information content (AvgIpc) is 2.44. The molecule has 1 aliphatic carbocycles. The molecule has 0 aromatic heterocycles. The number of aliphatic hydroxyl groups is 1. The lowest BCUT2D eigenvalue weighted by atomic mass is 9.79. The van der Waals surface area contributed by atoms with Crippen LogP contribution in [0.4, 0.5) is 0 Å². The number of carbonyl (C=O) groups is 2. The molecule has 0 radical (unpaired) electrons. The first-order valence-corrected chi connectivity index (χ1v) is 7.50. The SMILES string of the molecule is N[C@H](Cc1ccccc1)[C@H](O)C(=O)N[C@H](C(=O)O)C1CCC1. The monoisotopic (exact) mass is 306 g/mol. The Labute approximate surface area is 129 Å². The number of nitrogens with two attached hydrogens (primary N) is 1. The minimum Gasteiger partial charge on any atom is -0.480 e. The van der Waals surface area contributed by atoms with E-state index in [0.29, 0.717) is 6.42 Å². The number of carbonyl (C=O) groups excluding carboxylic acids is 1. The number of amides is 1. The van der Waals surface area contributed by atoms with Crippen LogP contribution in [0.5, 0.6) is 0 Å². The third-order valence-electron chi connectivity index (χ3n) is 4.17. The van der Waals surface area contributed by atoms with E-state index in [1.54, 1.807) is 0 Å². The molecule has 5 N–H and O–H groups in total. The molecule has 2 rings (SSSR count). The fraction of sp³-hybridized carbons (Fsp3) is 0.500. The van der Waals surface area contributed by atoms with Crippen LogP contribution in [0.3, 0.4) is 0 Å². The molecule has 6 heteroatoms. The molecular weight excluding hydrogens is 284 g/mol. The lowest BCUT2D eigenvalue weighted by Gasteiger charge is -2.32. The number of aliphatic hydroxyl groups excluding tert-OH is 1. The molecule has 22 heavy (non-hydrogen) atoms. The summed E-state index contributed by atoms with van der Waals surface area (Å²) >= 11 is 0. The third kappa shape index (κ3) is 4.05. The van der Waals surface area contributed by atoms with Crippen molar-refractivity contribution in [2.75, 3.05) is 0 Å². The summed E-state index contributed by atoms with van der Waals surface area (Å²) in [6, 6.07) is 7.57. The van der Waals surface area contributed by atoms with Gasteiger partial charge in [0.1, 0.15) is 12.1 Å². The van der Waals surface area contributed by atoms with Crippen molar-refractivity contribution in [3.05, 3.63) is 35.9 Å². The van der Waals surface area contributed by atoms with Gasteiger partial charge in [-0.15, -0.1) is 0 Å². The number of carboxylic acids is 1. The molecule has 1 aromatic carbocycles. The van der Waals surface area contributed by atoms with Crippen LogP contribution in [0.15, 0.2) is 30.3 Å². The minimum absolute atomic E-state index is 0.0565. The Morgan fingerprint density at radius 2 is 1.91 bits per heavy atom. The second-order valence-corrected chi connectivity index (χ2v) is 5.81. The van der Waals surface area contributed by atoms with Gasteiger partial charge in [0, 0.05) is 6.04 Å². The Hall–Kier alpha value is -1.92. The van der Waals surface area contributed by atoms with Crippen LogP contribution in [-0.4, -0.2) is 40.3 Å². The Morgan fingerprint density at radius 3 is 2.41 bits per heavy atom. The van der Waals surface area contributed by atoms with Crippen molar-refractivity contribution in [1.29, 1.82) is 0 Å². The van der Waals surface area contributed by atoms with Crippen molar-refractivity contribution >= 4 is 11.9 Å². The number of benzene rings is 1. The van der Waals surface area contributed by atoms with Crippen LogP contribution in [0.25, 0.3) is 0 Å². The number of nitrogens with one attached hydrogen (secondary N) is 1. The second-order valence-electron chi connectivity index (χ2n) is 5.81. The minimum atomic E-state index is -1.43. The van der Waals surface area contributed by atoms with Crippen LogP contribution < -0.4 is 11.1 Å². The van der Waals surface area contributed by atoms with Crippen LogP contribution in [0.2, 0.25) is 0 Å². The summed E-state index contributed by atoms with van der Waals surface area (Å²) in [6.07, 6.45) is 1.45. The molecule has 3 atom stereocenters. The van der Waals surface area contributed by atoms with Gasteiger partial charge in [-0.1, -0.05) is 36.8 Å². The smallest absolute Gasteiger partial charge is 0.326 e. The summed E-state index contributed by atoms with van der Waals surface area (Å²) in [7, 11) is 0. The highest BCUT2D eigenvalue weighted by atomic mass is 16.4. The number of rotatable bonds is 7. The molecule has 1 amide bonds. The predicted octanol–water partition coefficient (Wildman–Crippen LogP) is 0.287. The van der Waals surface area contributed by atoms with Crippen molar-refractivity contribution in [2.24, 2.45) is 11.7 Å². The molecule has 1 aliphatic rings. The number of hydrogen-bond donors (Lipinski definition) is 4. The Bertz CT molecular complexity index is 516. The van der Waals surface area contributed by atoms with E-state index in [4.69, 9.17) is 5.73 Å². The van der Waals surface area contributed by atoms with Gasteiger partial charge in [0.2, 0.25) is 0 Å².